The molecule has 0 spiro atoms. The zero-order valence-electron chi connectivity index (χ0n) is 9.61. The fourth-order valence-corrected chi connectivity index (χ4v) is 2.07. The van der Waals surface area contributed by atoms with E-state index >= 15 is 0 Å². The van der Waals surface area contributed by atoms with Crippen molar-refractivity contribution in [3.63, 3.8) is 0 Å². The van der Waals surface area contributed by atoms with Gasteiger partial charge in [-0.05, 0) is 41.1 Å². The van der Waals surface area contributed by atoms with Gasteiger partial charge in [-0.1, -0.05) is 0 Å². The number of anilines is 1. The minimum atomic E-state index is -0.264. The minimum Gasteiger partial charge on any atom is -0.375 e. The van der Waals surface area contributed by atoms with Crippen molar-refractivity contribution in [1.29, 1.82) is 0 Å². The van der Waals surface area contributed by atoms with Crippen LogP contribution in [0, 0.1) is 5.82 Å². The maximum atomic E-state index is 13.1. The highest BCUT2D eigenvalue weighted by Gasteiger charge is 2.10. The van der Waals surface area contributed by atoms with Crippen LogP contribution in [0.1, 0.15) is 18.8 Å². The smallest absolute Gasteiger partial charge is 0.137 e. The van der Waals surface area contributed by atoms with Crippen LogP contribution in [0.2, 0.25) is 0 Å². The lowest BCUT2D eigenvalue weighted by atomic mass is 10.2. The molecule has 1 heterocycles. The summed E-state index contributed by atoms with van der Waals surface area (Å²) in [5, 5.41) is 3.27. The summed E-state index contributed by atoms with van der Waals surface area (Å²) in [6.07, 6.45) is 3.65. The molecule has 90 valence electrons. The van der Waals surface area contributed by atoms with Gasteiger partial charge in [-0.25, -0.2) is 9.37 Å². The lowest BCUT2D eigenvalue weighted by Gasteiger charge is -2.15. The maximum absolute atomic E-state index is 13.1. The predicted molar refractivity (Wildman–Crippen MR) is 69.3 cm³/mol. The van der Waals surface area contributed by atoms with E-state index in [2.05, 4.69) is 26.2 Å². The van der Waals surface area contributed by atoms with Crippen LogP contribution < -0.4 is 5.32 Å². The summed E-state index contributed by atoms with van der Waals surface area (Å²) >= 11 is 3.16. The Morgan fingerprint density at radius 2 is 2.24 bits per heavy atom. The van der Waals surface area contributed by atoms with Crippen LogP contribution in [-0.4, -0.2) is 9.55 Å². The van der Waals surface area contributed by atoms with Gasteiger partial charge in [-0.15, -0.1) is 0 Å². The molecule has 3 nitrogen and oxygen atoms in total. The number of hydrogen-bond acceptors (Lipinski definition) is 2. The molecule has 1 aromatic carbocycles. The minimum absolute atomic E-state index is 0.0624. The molecular weight excluding hydrogens is 285 g/mol. The van der Waals surface area contributed by atoms with Crippen LogP contribution in [0.4, 0.5) is 10.1 Å². The Kier molecular flexibility index (Phi) is 3.47. The van der Waals surface area contributed by atoms with Crippen molar-refractivity contribution < 1.29 is 4.39 Å². The van der Waals surface area contributed by atoms with E-state index in [1.807, 2.05) is 24.7 Å². The summed E-state index contributed by atoms with van der Waals surface area (Å²) in [6.45, 7) is 2.01. The van der Waals surface area contributed by atoms with Crippen molar-refractivity contribution in [2.24, 2.45) is 7.05 Å². The molecule has 1 unspecified atom stereocenters. The quantitative estimate of drug-likeness (QED) is 0.940. The van der Waals surface area contributed by atoms with Crippen molar-refractivity contribution in [2.75, 3.05) is 5.32 Å². The average molecular weight is 298 g/mol. The zero-order chi connectivity index (χ0) is 12.4. The Morgan fingerprint density at radius 3 is 2.82 bits per heavy atom. The molecule has 0 aliphatic heterocycles. The summed E-state index contributed by atoms with van der Waals surface area (Å²) < 4.78 is 15.5. The van der Waals surface area contributed by atoms with Crippen LogP contribution in [0.5, 0.6) is 0 Å². The third-order valence-corrected chi connectivity index (χ3v) is 3.16. The fourth-order valence-electron chi connectivity index (χ4n) is 1.69. The van der Waals surface area contributed by atoms with Crippen molar-refractivity contribution in [2.45, 2.75) is 13.0 Å². The van der Waals surface area contributed by atoms with Crippen LogP contribution in [0.25, 0.3) is 0 Å². The molecule has 17 heavy (non-hydrogen) atoms. The molecule has 1 N–H and O–H groups in total. The van der Waals surface area contributed by atoms with Gasteiger partial charge >= 0.3 is 0 Å². The molecule has 0 fully saturated rings. The molecule has 0 saturated heterocycles. The molecule has 0 aliphatic carbocycles. The van der Waals surface area contributed by atoms with E-state index in [-0.39, 0.29) is 11.9 Å². The van der Waals surface area contributed by atoms with E-state index in [4.69, 9.17) is 0 Å². The zero-order valence-corrected chi connectivity index (χ0v) is 11.2. The highest BCUT2D eigenvalue weighted by molar-refractivity contribution is 9.10. The van der Waals surface area contributed by atoms with Gasteiger partial charge in [-0.2, -0.15) is 0 Å². The molecule has 1 aromatic heterocycles. The number of halogens is 2. The van der Waals surface area contributed by atoms with E-state index in [1.54, 1.807) is 18.3 Å². The SMILES string of the molecule is CC(Nc1ccc(F)c(Br)c1)c1nccn1C. The second-order valence-electron chi connectivity index (χ2n) is 3.89. The molecule has 0 saturated carbocycles. The van der Waals surface area contributed by atoms with Crippen LogP contribution in [-0.2, 0) is 7.05 Å². The van der Waals surface area contributed by atoms with Gasteiger partial charge in [0, 0.05) is 25.1 Å². The number of hydrogen-bond donors (Lipinski definition) is 1. The van der Waals surface area contributed by atoms with Crippen molar-refractivity contribution in [3.8, 4) is 0 Å². The van der Waals surface area contributed by atoms with Crippen LogP contribution in [0.3, 0.4) is 0 Å². The first kappa shape index (κ1) is 12.1. The summed E-state index contributed by atoms with van der Waals surface area (Å²) in [6, 6.07) is 4.92. The molecule has 0 bridgehead atoms. The number of benzene rings is 1. The molecule has 5 heteroatoms. The third kappa shape index (κ3) is 2.66. The number of aromatic nitrogens is 2. The first-order valence-corrected chi connectivity index (χ1v) is 6.06. The largest absolute Gasteiger partial charge is 0.375 e. The summed E-state index contributed by atoms with van der Waals surface area (Å²) in [5.41, 5.74) is 0.855. The Balaban J connectivity index is 2.16. The highest BCUT2D eigenvalue weighted by Crippen LogP contribution is 2.23. The lowest BCUT2D eigenvalue weighted by Crippen LogP contribution is -2.11. The third-order valence-electron chi connectivity index (χ3n) is 2.55. The molecule has 2 rings (SSSR count). The van der Waals surface area contributed by atoms with Gasteiger partial charge < -0.3 is 9.88 Å². The maximum Gasteiger partial charge on any atom is 0.137 e. The first-order chi connectivity index (χ1) is 8.08. The predicted octanol–water partition coefficient (Wildman–Crippen LogP) is 3.49. The Labute approximate surface area is 108 Å². The number of aryl methyl sites for hydroxylation is 1. The Morgan fingerprint density at radius 1 is 1.47 bits per heavy atom. The first-order valence-electron chi connectivity index (χ1n) is 5.26. The average Bonchev–Trinajstić information content (AvgIpc) is 2.70. The number of rotatable bonds is 3. The molecule has 0 aliphatic rings. The fraction of sp³-hybridized carbons (Fsp3) is 0.250. The second kappa shape index (κ2) is 4.87. The van der Waals surface area contributed by atoms with E-state index in [1.165, 1.54) is 6.07 Å². The molecule has 0 amide bonds. The van der Waals surface area contributed by atoms with Crippen molar-refractivity contribution >= 4 is 21.6 Å². The van der Waals surface area contributed by atoms with Gasteiger partial charge in [0.25, 0.3) is 0 Å². The molecular formula is C12H13BrFN3. The van der Waals surface area contributed by atoms with Crippen molar-refractivity contribution in [1.82, 2.24) is 9.55 Å². The summed E-state index contributed by atoms with van der Waals surface area (Å²) in [5.74, 6) is 0.672. The number of nitrogens with one attached hydrogen (secondary N) is 1. The Bertz CT molecular complexity index is 524. The topological polar surface area (TPSA) is 29.9 Å². The Hall–Kier alpha value is -1.36. The standard InChI is InChI=1S/C12H13BrFN3/c1-8(12-15-5-6-17(12)2)16-9-3-4-11(14)10(13)7-9/h3-8,16H,1-2H3. The summed E-state index contributed by atoms with van der Waals surface area (Å²) in [7, 11) is 1.95. The monoisotopic (exact) mass is 297 g/mol. The van der Waals surface area contributed by atoms with Crippen LogP contribution >= 0.6 is 15.9 Å². The van der Waals surface area contributed by atoms with Gasteiger partial charge in [0.15, 0.2) is 0 Å². The number of imidazole rings is 1. The molecule has 0 radical (unpaired) electrons. The van der Waals surface area contributed by atoms with Gasteiger partial charge in [0.1, 0.15) is 11.6 Å². The second-order valence-corrected chi connectivity index (χ2v) is 4.75. The van der Waals surface area contributed by atoms with Gasteiger partial charge in [0.2, 0.25) is 0 Å². The van der Waals surface area contributed by atoms with Gasteiger partial charge in [0.05, 0.1) is 10.5 Å². The molecule has 2 aromatic rings. The molecule has 1 atom stereocenters. The van der Waals surface area contributed by atoms with E-state index in [0.29, 0.717) is 4.47 Å². The summed E-state index contributed by atoms with van der Waals surface area (Å²) in [4.78, 5) is 4.27. The van der Waals surface area contributed by atoms with E-state index in [9.17, 15) is 4.39 Å². The van der Waals surface area contributed by atoms with E-state index in [0.717, 1.165) is 11.5 Å². The normalized spacial score (nSPS) is 12.5. The van der Waals surface area contributed by atoms with Crippen molar-refractivity contribution in [3.05, 3.63) is 46.7 Å². The van der Waals surface area contributed by atoms with Gasteiger partial charge in [-0.3, -0.25) is 0 Å². The highest BCUT2D eigenvalue weighted by atomic mass is 79.9. The van der Waals surface area contributed by atoms with E-state index < -0.39 is 0 Å². The van der Waals surface area contributed by atoms with Crippen LogP contribution in [0.15, 0.2) is 35.1 Å². The number of nitrogens with zero attached hydrogens (tertiary/aromatic N) is 2. The lowest BCUT2D eigenvalue weighted by molar-refractivity contribution is 0.621.